The SMILES string of the molecule is Cc1ccc(S(=O)(=O)NCC(=O)NN=Cc2c(OC(=O)c3ccccc3Cl)ccc3ccccc23)cc1. The predicted octanol–water partition coefficient (Wildman–Crippen LogP) is 4.45. The molecule has 10 heteroatoms. The first-order valence-corrected chi connectivity index (χ1v) is 13.0. The number of halogens is 1. The molecule has 0 aliphatic carbocycles. The number of nitrogens with one attached hydrogen (secondary N) is 2. The zero-order chi connectivity index (χ0) is 26.4. The number of fused-ring (bicyclic) bond motifs is 1. The lowest BCUT2D eigenvalue weighted by Crippen LogP contribution is -2.34. The Morgan fingerprint density at radius 2 is 1.65 bits per heavy atom. The highest BCUT2D eigenvalue weighted by Gasteiger charge is 2.17. The standard InChI is InChI=1S/C27H22ClN3O5S/c1-18-10-13-20(14-11-18)37(34,35)30-17-26(32)31-29-16-23-21-7-3-2-6-19(21)12-15-25(23)36-27(33)22-8-4-5-9-24(22)28/h2-16,30H,17H2,1H3,(H,31,32). The van der Waals surface area contributed by atoms with Gasteiger partial charge >= 0.3 is 5.97 Å². The van der Waals surface area contributed by atoms with Crippen LogP contribution in [0.3, 0.4) is 0 Å². The van der Waals surface area contributed by atoms with E-state index in [9.17, 15) is 18.0 Å². The molecule has 0 spiro atoms. The summed E-state index contributed by atoms with van der Waals surface area (Å²) in [6, 6.07) is 23.6. The Bertz CT molecular complexity index is 1600. The fraction of sp³-hybridized carbons (Fsp3) is 0.0741. The summed E-state index contributed by atoms with van der Waals surface area (Å²) in [5, 5.41) is 5.80. The first-order chi connectivity index (χ1) is 17.7. The number of hydrogen-bond donors (Lipinski definition) is 2. The molecule has 4 aromatic rings. The summed E-state index contributed by atoms with van der Waals surface area (Å²) in [6.07, 6.45) is 1.34. The molecule has 1 amide bonds. The smallest absolute Gasteiger partial charge is 0.345 e. The van der Waals surface area contributed by atoms with Crippen LogP contribution in [0.1, 0.15) is 21.5 Å². The molecular weight excluding hydrogens is 514 g/mol. The number of rotatable bonds is 8. The van der Waals surface area contributed by atoms with E-state index in [1.54, 1.807) is 48.5 Å². The van der Waals surface area contributed by atoms with Gasteiger partial charge in [-0.3, -0.25) is 4.79 Å². The van der Waals surface area contributed by atoms with Crippen molar-refractivity contribution in [3.63, 3.8) is 0 Å². The zero-order valence-electron chi connectivity index (χ0n) is 19.6. The summed E-state index contributed by atoms with van der Waals surface area (Å²) in [5.41, 5.74) is 3.85. The van der Waals surface area contributed by atoms with Gasteiger partial charge in [-0.1, -0.05) is 71.8 Å². The van der Waals surface area contributed by atoms with E-state index in [1.165, 1.54) is 18.3 Å². The number of hydrazone groups is 1. The van der Waals surface area contributed by atoms with Crippen LogP contribution in [0.25, 0.3) is 10.8 Å². The molecule has 0 heterocycles. The van der Waals surface area contributed by atoms with Crippen LogP contribution in [-0.4, -0.2) is 33.1 Å². The van der Waals surface area contributed by atoms with Gasteiger partial charge in [-0.15, -0.1) is 0 Å². The molecule has 8 nitrogen and oxygen atoms in total. The Morgan fingerprint density at radius 1 is 0.946 bits per heavy atom. The van der Waals surface area contributed by atoms with Crippen molar-refractivity contribution in [3.05, 3.63) is 107 Å². The van der Waals surface area contributed by atoms with Gasteiger partial charge in [0.05, 0.1) is 28.2 Å². The predicted molar refractivity (Wildman–Crippen MR) is 142 cm³/mol. The quantitative estimate of drug-likeness (QED) is 0.150. The lowest BCUT2D eigenvalue weighted by molar-refractivity contribution is -0.119. The molecule has 0 saturated carbocycles. The Hall–Kier alpha value is -4.05. The van der Waals surface area contributed by atoms with Gasteiger partial charge in [-0.2, -0.15) is 5.10 Å². The lowest BCUT2D eigenvalue weighted by atomic mass is 10.0. The van der Waals surface area contributed by atoms with Crippen molar-refractivity contribution in [1.82, 2.24) is 10.1 Å². The van der Waals surface area contributed by atoms with Crippen molar-refractivity contribution in [2.24, 2.45) is 5.10 Å². The minimum Gasteiger partial charge on any atom is -0.422 e. The van der Waals surface area contributed by atoms with Gasteiger partial charge in [0.2, 0.25) is 10.0 Å². The normalized spacial score (nSPS) is 11.5. The number of nitrogens with zero attached hydrogens (tertiary/aromatic N) is 1. The second-order valence-corrected chi connectivity index (χ2v) is 10.2. The Morgan fingerprint density at radius 3 is 2.41 bits per heavy atom. The topological polar surface area (TPSA) is 114 Å². The first kappa shape index (κ1) is 26.0. The van der Waals surface area contributed by atoms with Gasteiger partial charge in [-0.25, -0.2) is 23.4 Å². The second kappa shape index (κ2) is 11.3. The fourth-order valence-corrected chi connectivity index (χ4v) is 4.64. The first-order valence-electron chi connectivity index (χ1n) is 11.1. The molecule has 0 bridgehead atoms. The molecular formula is C27H22ClN3O5S. The summed E-state index contributed by atoms with van der Waals surface area (Å²) < 4.78 is 32.6. The molecule has 4 aromatic carbocycles. The van der Waals surface area contributed by atoms with Gasteiger partial charge in [0, 0.05) is 5.56 Å². The molecule has 0 atom stereocenters. The summed E-state index contributed by atoms with van der Waals surface area (Å²) in [7, 11) is -3.86. The molecule has 2 N–H and O–H groups in total. The number of aryl methyl sites for hydroxylation is 1. The van der Waals surface area contributed by atoms with Crippen molar-refractivity contribution in [1.29, 1.82) is 0 Å². The van der Waals surface area contributed by atoms with Gasteiger partial charge in [0.25, 0.3) is 5.91 Å². The third-order valence-corrected chi connectivity index (χ3v) is 7.11. The van der Waals surface area contributed by atoms with E-state index < -0.39 is 28.4 Å². The van der Waals surface area contributed by atoms with Gasteiger partial charge < -0.3 is 4.74 Å². The van der Waals surface area contributed by atoms with Crippen molar-refractivity contribution in [2.75, 3.05) is 6.54 Å². The highest BCUT2D eigenvalue weighted by Crippen LogP contribution is 2.28. The molecule has 0 saturated heterocycles. The maximum Gasteiger partial charge on any atom is 0.345 e. The third kappa shape index (κ3) is 6.39. The minimum atomic E-state index is -3.86. The molecule has 0 fully saturated rings. The number of ether oxygens (including phenoxy) is 1. The van der Waals surface area contributed by atoms with Crippen molar-refractivity contribution < 1.29 is 22.7 Å². The Labute approximate surface area is 219 Å². The number of hydrogen-bond acceptors (Lipinski definition) is 6. The van der Waals surface area contributed by atoms with E-state index in [2.05, 4.69) is 15.2 Å². The molecule has 0 aliphatic rings. The minimum absolute atomic E-state index is 0.0510. The maximum atomic E-state index is 12.7. The lowest BCUT2D eigenvalue weighted by Gasteiger charge is -2.11. The average molecular weight is 536 g/mol. The van der Waals surface area contributed by atoms with E-state index in [1.807, 2.05) is 31.2 Å². The molecule has 188 valence electrons. The highest BCUT2D eigenvalue weighted by molar-refractivity contribution is 7.89. The number of carbonyl (C=O) groups excluding carboxylic acids is 2. The number of esters is 1. The van der Waals surface area contributed by atoms with Crippen molar-refractivity contribution in [3.8, 4) is 5.75 Å². The Kier molecular flexibility index (Phi) is 7.98. The highest BCUT2D eigenvalue weighted by atomic mass is 35.5. The van der Waals surface area contributed by atoms with Crippen LogP contribution in [0, 0.1) is 6.92 Å². The zero-order valence-corrected chi connectivity index (χ0v) is 21.2. The van der Waals surface area contributed by atoms with Gasteiger partial charge in [0.15, 0.2) is 0 Å². The third-order valence-electron chi connectivity index (χ3n) is 5.36. The Balaban J connectivity index is 1.50. The number of carbonyl (C=O) groups is 2. The van der Waals surface area contributed by atoms with Crippen LogP contribution in [-0.2, 0) is 14.8 Å². The van der Waals surface area contributed by atoms with Crippen LogP contribution in [0.4, 0.5) is 0 Å². The average Bonchev–Trinajstić information content (AvgIpc) is 2.89. The van der Waals surface area contributed by atoms with Crippen LogP contribution in [0.5, 0.6) is 5.75 Å². The van der Waals surface area contributed by atoms with Crippen LogP contribution in [0.15, 0.2) is 94.9 Å². The number of benzene rings is 4. The monoisotopic (exact) mass is 535 g/mol. The van der Waals surface area contributed by atoms with Crippen LogP contribution >= 0.6 is 11.6 Å². The number of amides is 1. The molecule has 37 heavy (non-hydrogen) atoms. The summed E-state index contributed by atoms with van der Waals surface area (Å²) >= 11 is 6.12. The molecule has 0 radical (unpaired) electrons. The molecule has 0 unspecified atom stereocenters. The fourth-order valence-electron chi connectivity index (χ4n) is 3.45. The van der Waals surface area contributed by atoms with E-state index in [4.69, 9.17) is 16.3 Å². The molecule has 0 aliphatic heterocycles. The van der Waals surface area contributed by atoms with Crippen molar-refractivity contribution in [2.45, 2.75) is 11.8 Å². The van der Waals surface area contributed by atoms with Crippen LogP contribution in [0.2, 0.25) is 5.02 Å². The van der Waals surface area contributed by atoms with Gasteiger partial charge in [-0.05, 0) is 48.0 Å². The second-order valence-electron chi connectivity index (χ2n) is 8.00. The summed E-state index contributed by atoms with van der Waals surface area (Å²) in [5.74, 6) is -1.12. The number of sulfonamides is 1. The maximum absolute atomic E-state index is 12.7. The van der Waals surface area contributed by atoms with Crippen molar-refractivity contribution >= 4 is 50.5 Å². The largest absolute Gasteiger partial charge is 0.422 e. The van der Waals surface area contributed by atoms with E-state index in [-0.39, 0.29) is 21.2 Å². The molecule has 4 rings (SSSR count). The summed E-state index contributed by atoms with van der Waals surface area (Å²) in [4.78, 5) is 25.0. The molecule has 0 aromatic heterocycles. The van der Waals surface area contributed by atoms with Gasteiger partial charge in [0.1, 0.15) is 5.75 Å². The van der Waals surface area contributed by atoms with E-state index in [0.29, 0.717) is 5.56 Å². The summed E-state index contributed by atoms with van der Waals surface area (Å²) in [6.45, 7) is 1.33. The van der Waals surface area contributed by atoms with E-state index >= 15 is 0 Å². The van der Waals surface area contributed by atoms with Crippen LogP contribution < -0.4 is 14.9 Å². The van der Waals surface area contributed by atoms with E-state index in [0.717, 1.165) is 16.3 Å².